The van der Waals surface area contributed by atoms with Gasteiger partial charge in [-0.1, -0.05) is 11.6 Å². The molecule has 0 amide bonds. The van der Waals surface area contributed by atoms with E-state index in [1.165, 1.54) is 29.2 Å². The van der Waals surface area contributed by atoms with Gasteiger partial charge in [-0.05, 0) is 53.2 Å². The summed E-state index contributed by atoms with van der Waals surface area (Å²) in [6.45, 7) is 1.66. The average molecular weight is 352 g/mol. The second-order valence-corrected chi connectivity index (χ2v) is 6.47. The number of halogens is 1. The van der Waals surface area contributed by atoms with Crippen LogP contribution in [-0.4, -0.2) is 33.6 Å². The van der Waals surface area contributed by atoms with Crippen molar-refractivity contribution in [2.75, 3.05) is 0 Å². The number of aromatic nitrogens is 5. The highest BCUT2D eigenvalue weighted by Gasteiger charge is 2.18. The Morgan fingerprint density at radius 2 is 1.96 bits per heavy atom. The monoisotopic (exact) mass is 351 g/mol. The van der Waals surface area contributed by atoms with Crippen LogP contribution >= 0.6 is 11.6 Å². The van der Waals surface area contributed by atoms with Crippen molar-refractivity contribution >= 4 is 21.7 Å². The summed E-state index contributed by atoms with van der Waals surface area (Å²) in [5.74, 6) is 0.162. The van der Waals surface area contributed by atoms with Crippen LogP contribution in [0.5, 0.6) is 5.75 Å². The maximum atomic E-state index is 12.2. The second-order valence-electron chi connectivity index (χ2n) is 4.56. The molecule has 23 heavy (non-hydrogen) atoms. The molecule has 3 aromatic rings. The first-order valence-corrected chi connectivity index (χ1v) is 8.14. The average Bonchev–Trinajstić information content (AvgIpc) is 3.04. The summed E-state index contributed by atoms with van der Waals surface area (Å²) in [7, 11) is -3.99. The molecule has 0 fully saturated rings. The number of hydrogen-bond acceptors (Lipinski definition) is 7. The summed E-state index contributed by atoms with van der Waals surface area (Å²) in [6, 6.07) is 7.68. The number of hydrogen-bond donors (Lipinski definition) is 0. The fraction of sp³-hybridized carbons (Fsp3) is 0.0769. The van der Waals surface area contributed by atoms with Gasteiger partial charge >= 0.3 is 10.1 Å². The Kier molecular flexibility index (Phi) is 3.97. The molecule has 0 aliphatic carbocycles. The number of aryl methyl sites for hydroxylation is 1. The van der Waals surface area contributed by atoms with Crippen molar-refractivity contribution in [3.8, 4) is 11.4 Å². The van der Waals surface area contributed by atoms with Crippen molar-refractivity contribution in [3.63, 3.8) is 0 Å². The van der Waals surface area contributed by atoms with Crippen LogP contribution < -0.4 is 4.18 Å². The molecule has 118 valence electrons. The Labute approximate surface area is 136 Å². The summed E-state index contributed by atoms with van der Waals surface area (Å²) < 4.78 is 31.0. The summed E-state index contributed by atoms with van der Waals surface area (Å²) in [4.78, 5) is 3.75. The number of benzene rings is 1. The molecule has 0 N–H and O–H groups in total. The number of nitrogens with zero attached hydrogens (tertiary/aromatic N) is 5. The van der Waals surface area contributed by atoms with Crippen LogP contribution in [0.1, 0.15) is 5.56 Å². The number of rotatable bonds is 4. The van der Waals surface area contributed by atoms with Crippen molar-refractivity contribution in [1.82, 2.24) is 25.2 Å². The Bertz CT molecular complexity index is 927. The van der Waals surface area contributed by atoms with Crippen LogP contribution in [0, 0.1) is 6.92 Å². The third-order valence-electron chi connectivity index (χ3n) is 2.93. The molecule has 0 spiro atoms. The Balaban J connectivity index is 1.84. The Morgan fingerprint density at radius 1 is 1.22 bits per heavy atom. The van der Waals surface area contributed by atoms with Gasteiger partial charge in [0.15, 0.2) is 0 Å². The van der Waals surface area contributed by atoms with E-state index in [0.717, 1.165) is 6.20 Å². The van der Waals surface area contributed by atoms with Gasteiger partial charge in [0.1, 0.15) is 22.1 Å². The highest BCUT2D eigenvalue weighted by atomic mass is 35.5. The summed E-state index contributed by atoms with van der Waals surface area (Å²) >= 11 is 5.79. The molecule has 0 unspecified atom stereocenters. The maximum absolute atomic E-state index is 12.2. The van der Waals surface area contributed by atoms with Crippen LogP contribution in [0.15, 0.2) is 47.8 Å². The quantitative estimate of drug-likeness (QED) is 0.521. The lowest BCUT2D eigenvalue weighted by Gasteiger charge is -2.08. The first kappa shape index (κ1) is 15.4. The van der Waals surface area contributed by atoms with Crippen molar-refractivity contribution in [2.24, 2.45) is 0 Å². The van der Waals surface area contributed by atoms with Gasteiger partial charge in [-0.15, -0.1) is 5.10 Å². The summed E-state index contributed by atoms with van der Waals surface area (Å²) in [5, 5.41) is 11.0. The van der Waals surface area contributed by atoms with Crippen LogP contribution in [-0.2, 0) is 10.1 Å². The van der Waals surface area contributed by atoms with Gasteiger partial charge in [0.25, 0.3) is 0 Å². The van der Waals surface area contributed by atoms with Gasteiger partial charge in [-0.25, -0.2) is 9.67 Å². The van der Waals surface area contributed by atoms with E-state index in [2.05, 4.69) is 20.5 Å². The highest BCUT2D eigenvalue weighted by Crippen LogP contribution is 2.22. The molecule has 2 heterocycles. The van der Waals surface area contributed by atoms with Crippen molar-refractivity contribution < 1.29 is 12.6 Å². The molecule has 0 saturated heterocycles. The SMILES string of the molecule is Cc1cc(S(=O)(=O)Oc2ccc(-n3cnnn3)cc2)cnc1Cl. The Hall–Kier alpha value is -2.52. The third-order valence-corrected chi connectivity index (χ3v) is 4.54. The minimum absolute atomic E-state index is 0.0658. The molecule has 2 aromatic heterocycles. The van der Waals surface area contributed by atoms with Gasteiger partial charge in [-0.3, -0.25) is 0 Å². The predicted octanol–water partition coefficient (Wildman–Crippen LogP) is 1.79. The molecular formula is C13H10ClN5O3S. The fourth-order valence-electron chi connectivity index (χ4n) is 1.78. The lowest BCUT2D eigenvalue weighted by atomic mass is 10.3. The lowest BCUT2D eigenvalue weighted by Crippen LogP contribution is -2.10. The molecule has 8 nitrogen and oxygen atoms in total. The van der Waals surface area contributed by atoms with E-state index in [4.69, 9.17) is 15.8 Å². The maximum Gasteiger partial charge on any atom is 0.340 e. The molecular weight excluding hydrogens is 342 g/mol. The Morgan fingerprint density at radius 3 is 2.57 bits per heavy atom. The van der Waals surface area contributed by atoms with Gasteiger partial charge in [-0.2, -0.15) is 8.42 Å². The topological polar surface area (TPSA) is 99.9 Å². The summed E-state index contributed by atoms with van der Waals surface area (Å²) in [6.07, 6.45) is 2.58. The lowest BCUT2D eigenvalue weighted by molar-refractivity contribution is 0.485. The van der Waals surface area contributed by atoms with E-state index in [-0.39, 0.29) is 15.8 Å². The third kappa shape index (κ3) is 3.30. The fourth-order valence-corrected chi connectivity index (χ4v) is 2.84. The van der Waals surface area contributed by atoms with Gasteiger partial charge in [0, 0.05) is 0 Å². The molecule has 0 bridgehead atoms. The van der Waals surface area contributed by atoms with E-state index in [1.807, 2.05) is 0 Å². The van der Waals surface area contributed by atoms with Crippen molar-refractivity contribution in [3.05, 3.63) is 53.6 Å². The van der Waals surface area contributed by atoms with Crippen LogP contribution in [0.2, 0.25) is 5.15 Å². The van der Waals surface area contributed by atoms with E-state index < -0.39 is 10.1 Å². The van der Waals surface area contributed by atoms with Crippen LogP contribution in [0.25, 0.3) is 5.69 Å². The molecule has 0 aliphatic heterocycles. The van der Waals surface area contributed by atoms with E-state index in [1.54, 1.807) is 19.1 Å². The minimum Gasteiger partial charge on any atom is -0.379 e. The zero-order chi connectivity index (χ0) is 16.4. The minimum atomic E-state index is -3.99. The molecule has 10 heteroatoms. The van der Waals surface area contributed by atoms with Gasteiger partial charge < -0.3 is 4.18 Å². The molecule has 3 rings (SSSR count). The smallest absolute Gasteiger partial charge is 0.340 e. The molecule has 1 aromatic carbocycles. The molecule has 0 aliphatic rings. The molecule has 0 saturated carbocycles. The number of tetrazole rings is 1. The predicted molar refractivity (Wildman–Crippen MR) is 81.0 cm³/mol. The van der Waals surface area contributed by atoms with Crippen molar-refractivity contribution in [1.29, 1.82) is 0 Å². The van der Waals surface area contributed by atoms with Gasteiger partial charge in [0.05, 0.1) is 11.9 Å². The second kappa shape index (κ2) is 5.94. The first-order chi connectivity index (χ1) is 11.0. The zero-order valence-electron chi connectivity index (χ0n) is 11.8. The largest absolute Gasteiger partial charge is 0.379 e. The van der Waals surface area contributed by atoms with E-state index in [9.17, 15) is 8.42 Å². The van der Waals surface area contributed by atoms with E-state index >= 15 is 0 Å². The zero-order valence-corrected chi connectivity index (χ0v) is 13.4. The molecule has 0 atom stereocenters. The van der Waals surface area contributed by atoms with Crippen LogP contribution in [0.3, 0.4) is 0 Å². The van der Waals surface area contributed by atoms with Gasteiger partial charge in [0.2, 0.25) is 0 Å². The first-order valence-electron chi connectivity index (χ1n) is 6.36. The summed E-state index contributed by atoms with van der Waals surface area (Å²) in [5.41, 5.74) is 1.22. The highest BCUT2D eigenvalue weighted by molar-refractivity contribution is 7.87. The number of pyridine rings is 1. The van der Waals surface area contributed by atoms with E-state index in [0.29, 0.717) is 11.3 Å². The molecule has 0 radical (unpaired) electrons. The standard InChI is InChI=1S/C13H10ClN5O3S/c1-9-6-12(7-15-13(9)14)23(20,21)22-11-4-2-10(3-5-11)19-8-16-17-18-19/h2-8H,1H3. The van der Waals surface area contributed by atoms with Crippen LogP contribution in [0.4, 0.5) is 0 Å². The normalized spacial score (nSPS) is 11.4. The van der Waals surface area contributed by atoms with Crippen molar-refractivity contribution in [2.45, 2.75) is 11.8 Å².